The molecule has 4 nitrogen and oxygen atoms in total. The molecule has 0 spiro atoms. The van der Waals surface area contributed by atoms with Gasteiger partial charge in [0.2, 0.25) is 5.91 Å². The normalized spacial score (nSPS) is 18.4. The molecule has 1 unspecified atom stereocenters. The van der Waals surface area contributed by atoms with Crippen molar-refractivity contribution >= 4 is 5.91 Å². The molecule has 1 aromatic rings. The zero-order chi connectivity index (χ0) is 15.1. The van der Waals surface area contributed by atoms with Gasteiger partial charge in [-0.2, -0.15) is 0 Å². The second kappa shape index (κ2) is 8.15. The summed E-state index contributed by atoms with van der Waals surface area (Å²) in [7, 11) is 0. The van der Waals surface area contributed by atoms with E-state index in [4.69, 9.17) is 0 Å². The topological polar surface area (TPSA) is 69.6 Å². The first-order chi connectivity index (χ1) is 10.2. The van der Waals surface area contributed by atoms with Gasteiger partial charge in [0, 0.05) is 6.42 Å². The van der Waals surface area contributed by atoms with E-state index >= 15 is 0 Å². The Morgan fingerprint density at radius 1 is 1.24 bits per heavy atom. The maximum atomic E-state index is 12.0. The molecule has 4 heteroatoms. The monoisotopic (exact) mass is 291 g/mol. The Bertz CT molecular complexity index is 429. The molecule has 1 amide bonds. The van der Waals surface area contributed by atoms with Crippen molar-refractivity contribution < 1.29 is 15.0 Å². The van der Waals surface area contributed by atoms with E-state index in [9.17, 15) is 15.0 Å². The molecule has 1 saturated carbocycles. The van der Waals surface area contributed by atoms with Crippen LogP contribution in [-0.4, -0.2) is 28.8 Å². The van der Waals surface area contributed by atoms with E-state index in [1.165, 1.54) is 25.7 Å². The largest absolute Gasteiger partial charge is 0.394 e. The van der Waals surface area contributed by atoms with Crippen LogP contribution < -0.4 is 5.32 Å². The Labute approximate surface area is 126 Å². The van der Waals surface area contributed by atoms with E-state index in [0.29, 0.717) is 17.9 Å². The Morgan fingerprint density at radius 3 is 2.52 bits per heavy atom. The Hall–Kier alpha value is -1.39. The summed E-state index contributed by atoms with van der Waals surface area (Å²) in [4.78, 5) is 12.0. The summed E-state index contributed by atoms with van der Waals surface area (Å²) < 4.78 is 0. The summed E-state index contributed by atoms with van der Waals surface area (Å²) in [5, 5.41) is 22.4. The molecule has 1 aliphatic carbocycles. The first-order valence-corrected chi connectivity index (χ1v) is 7.84. The lowest BCUT2D eigenvalue weighted by Gasteiger charge is -2.23. The van der Waals surface area contributed by atoms with Crippen molar-refractivity contribution in [1.29, 1.82) is 0 Å². The third-order valence-corrected chi connectivity index (χ3v) is 4.32. The molecule has 2 atom stereocenters. The zero-order valence-corrected chi connectivity index (χ0v) is 12.4. The summed E-state index contributed by atoms with van der Waals surface area (Å²) in [6.45, 7) is -0.273. The highest BCUT2D eigenvalue weighted by molar-refractivity contribution is 5.76. The number of rotatable bonds is 7. The minimum absolute atomic E-state index is 0.0871. The quantitative estimate of drug-likeness (QED) is 0.721. The van der Waals surface area contributed by atoms with Crippen LogP contribution in [0.3, 0.4) is 0 Å². The number of amides is 1. The van der Waals surface area contributed by atoms with Crippen molar-refractivity contribution in [3.8, 4) is 0 Å². The second-order valence-electron chi connectivity index (χ2n) is 5.90. The lowest BCUT2D eigenvalue weighted by Crippen LogP contribution is -2.42. The molecular weight excluding hydrogens is 266 g/mol. The van der Waals surface area contributed by atoms with Crippen LogP contribution in [0.15, 0.2) is 30.3 Å². The number of aliphatic hydroxyl groups is 2. The molecule has 0 saturated heterocycles. The number of carbonyl (C=O) groups excluding carboxylic acids is 1. The van der Waals surface area contributed by atoms with Crippen molar-refractivity contribution in [3.05, 3.63) is 35.9 Å². The van der Waals surface area contributed by atoms with Gasteiger partial charge >= 0.3 is 0 Å². The average Bonchev–Trinajstić information content (AvgIpc) is 3.04. The summed E-state index contributed by atoms with van der Waals surface area (Å²) in [5.74, 6) is 0.582. The third-order valence-electron chi connectivity index (χ3n) is 4.32. The van der Waals surface area contributed by atoms with Gasteiger partial charge in [0.05, 0.1) is 12.6 Å². The lowest BCUT2D eigenvalue weighted by atomic mass is 10.0. The minimum atomic E-state index is -0.883. The van der Waals surface area contributed by atoms with Gasteiger partial charge in [-0.25, -0.2) is 0 Å². The van der Waals surface area contributed by atoms with Crippen LogP contribution in [0.5, 0.6) is 0 Å². The SMILES string of the molecule is O=C(CCC1CCCC1)N[C@@H](CO)C(O)c1ccccc1. The maximum Gasteiger partial charge on any atom is 0.220 e. The number of nitrogens with one attached hydrogen (secondary N) is 1. The van der Waals surface area contributed by atoms with Gasteiger partial charge in [-0.05, 0) is 17.9 Å². The molecule has 116 valence electrons. The maximum absolute atomic E-state index is 12.0. The van der Waals surface area contributed by atoms with E-state index in [-0.39, 0.29) is 12.5 Å². The smallest absolute Gasteiger partial charge is 0.220 e. The van der Waals surface area contributed by atoms with Crippen LogP contribution in [0.1, 0.15) is 50.2 Å². The van der Waals surface area contributed by atoms with Gasteiger partial charge in [0.1, 0.15) is 6.10 Å². The summed E-state index contributed by atoms with van der Waals surface area (Å²) in [6, 6.07) is 8.45. The number of hydrogen-bond donors (Lipinski definition) is 3. The molecule has 1 fully saturated rings. The van der Waals surface area contributed by atoms with E-state index < -0.39 is 12.1 Å². The standard InChI is InChI=1S/C17H25NO3/c19-12-15(17(21)14-8-2-1-3-9-14)18-16(20)11-10-13-6-4-5-7-13/h1-3,8-9,13,15,17,19,21H,4-7,10-12H2,(H,18,20)/t15-,17?/m0/s1. The first-order valence-electron chi connectivity index (χ1n) is 7.84. The van der Waals surface area contributed by atoms with Crippen LogP contribution in [0.25, 0.3) is 0 Å². The van der Waals surface area contributed by atoms with Crippen LogP contribution in [0.2, 0.25) is 0 Å². The van der Waals surface area contributed by atoms with E-state index in [0.717, 1.165) is 6.42 Å². The fourth-order valence-electron chi connectivity index (χ4n) is 3.02. The molecule has 3 N–H and O–H groups in total. The molecular formula is C17H25NO3. The molecule has 0 heterocycles. The molecule has 1 aliphatic rings. The van der Waals surface area contributed by atoms with Gasteiger partial charge in [-0.1, -0.05) is 56.0 Å². The molecule has 21 heavy (non-hydrogen) atoms. The summed E-state index contributed by atoms with van der Waals surface area (Å²) >= 11 is 0. The molecule has 0 radical (unpaired) electrons. The van der Waals surface area contributed by atoms with Gasteiger partial charge in [-0.3, -0.25) is 4.79 Å². The molecule has 0 aromatic heterocycles. The predicted molar refractivity (Wildman–Crippen MR) is 81.6 cm³/mol. The van der Waals surface area contributed by atoms with Crippen molar-refractivity contribution in [2.45, 2.75) is 50.7 Å². The van der Waals surface area contributed by atoms with Crippen LogP contribution >= 0.6 is 0 Å². The van der Waals surface area contributed by atoms with Gasteiger partial charge in [0.25, 0.3) is 0 Å². The van der Waals surface area contributed by atoms with Crippen molar-refractivity contribution in [2.24, 2.45) is 5.92 Å². The Kier molecular flexibility index (Phi) is 6.21. The molecule has 0 aliphatic heterocycles. The van der Waals surface area contributed by atoms with Crippen molar-refractivity contribution in [2.75, 3.05) is 6.61 Å². The van der Waals surface area contributed by atoms with Gasteiger partial charge in [-0.15, -0.1) is 0 Å². The highest BCUT2D eigenvalue weighted by atomic mass is 16.3. The van der Waals surface area contributed by atoms with Crippen molar-refractivity contribution in [3.63, 3.8) is 0 Å². The van der Waals surface area contributed by atoms with E-state index in [2.05, 4.69) is 5.32 Å². The van der Waals surface area contributed by atoms with Crippen LogP contribution in [0.4, 0.5) is 0 Å². The van der Waals surface area contributed by atoms with Crippen molar-refractivity contribution in [1.82, 2.24) is 5.32 Å². The fraction of sp³-hybridized carbons (Fsp3) is 0.588. The third kappa shape index (κ3) is 4.83. The minimum Gasteiger partial charge on any atom is -0.394 e. The van der Waals surface area contributed by atoms with Crippen LogP contribution in [-0.2, 0) is 4.79 Å². The lowest BCUT2D eigenvalue weighted by molar-refractivity contribution is -0.123. The highest BCUT2D eigenvalue weighted by Crippen LogP contribution is 2.28. The van der Waals surface area contributed by atoms with Gasteiger partial charge in [0.15, 0.2) is 0 Å². The number of carbonyl (C=O) groups is 1. The highest BCUT2D eigenvalue weighted by Gasteiger charge is 2.23. The summed E-state index contributed by atoms with van der Waals surface area (Å²) in [5.41, 5.74) is 0.702. The average molecular weight is 291 g/mol. The second-order valence-corrected chi connectivity index (χ2v) is 5.90. The molecule has 1 aromatic carbocycles. The van der Waals surface area contributed by atoms with Crippen LogP contribution in [0, 0.1) is 5.92 Å². The fourth-order valence-corrected chi connectivity index (χ4v) is 3.02. The zero-order valence-electron chi connectivity index (χ0n) is 12.4. The van der Waals surface area contributed by atoms with E-state index in [1.807, 2.05) is 18.2 Å². The predicted octanol–water partition coefficient (Wildman–Crippen LogP) is 2.17. The number of aliphatic hydroxyl groups excluding tert-OH is 2. The van der Waals surface area contributed by atoms with E-state index in [1.54, 1.807) is 12.1 Å². The first kappa shape index (κ1) is 16.0. The molecule has 0 bridgehead atoms. The summed E-state index contributed by atoms with van der Waals surface area (Å²) in [6.07, 6.45) is 5.50. The van der Waals surface area contributed by atoms with Gasteiger partial charge < -0.3 is 15.5 Å². The number of hydrogen-bond acceptors (Lipinski definition) is 3. The Balaban J connectivity index is 1.81. The number of benzene rings is 1. The molecule has 2 rings (SSSR count). The Morgan fingerprint density at radius 2 is 1.90 bits per heavy atom.